The molecule has 4 aromatic rings. The molecule has 0 spiro atoms. The van der Waals surface area contributed by atoms with Gasteiger partial charge in [0.15, 0.2) is 6.61 Å². The van der Waals surface area contributed by atoms with E-state index in [9.17, 15) is 4.79 Å². The zero-order valence-corrected chi connectivity index (χ0v) is 15.7. The van der Waals surface area contributed by atoms with Gasteiger partial charge in [-0.1, -0.05) is 53.7 Å². The highest BCUT2D eigenvalue weighted by atomic mass is 16.6. The van der Waals surface area contributed by atoms with Crippen LogP contribution in [0.15, 0.2) is 77.3 Å². The Morgan fingerprint density at radius 2 is 1.83 bits per heavy atom. The number of nitrogens with zero attached hydrogens (tertiary/aromatic N) is 2. The molecule has 0 fully saturated rings. The molecule has 1 heterocycles. The van der Waals surface area contributed by atoms with Gasteiger partial charge < -0.3 is 14.0 Å². The van der Waals surface area contributed by atoms with Crippen molar-refractivity contribution in [2.75, 3.05) is 7.11 Å². The van der Waals surface area contributed by atoms with Crippen molar-refractivity contribution in [1.29, 1.82) is 0 Å². The monoisotopic (exact) mass is 386 g/mol. The van der Waals surface area contributed by atoms with E-state index in [0.717, 1.165) is 27.6 Å². The number of hydrogen-bond donors (Lipinski definition) is 0. The molecule has 0 atom stereocenters. The Hall–Kier alpha value is -3.93. The van der Waals surface area contributed by atoms with Crippen molar-refractivity contribution in [2.24, 2.45) is 0 Å². The number of aromatic nitrogens is 2. The molecule has 6 heteroatoms. The normalized spacial score (nSPS) is 11.1. The molecule has 1 aromatic heterocycles. The summed E-state index contributed by atoms with van der Waals surface area (Å²) in [7, 11) is 1.64. The van der Waals surface area contributed by atoms with Crippen LogP contribution in [0.4, 0.5) is 0 Å². The average molecular weight is 386 g/mol. The van der Waals surface area contributed by atoms with E-state index in [2.05, 4.69) is 10.1 Å². The molecule has 0 unspecified atom stereocenters. The number of ether oxygens (including phenoxy) is 2. The highest BCUT2D eigenvalue weighted by Crippen LogP contribution is 2.22. The van der Waals surface area contributed by atoms with Crippen LogP contribution in [-0.2, 0) is 16.1 Å². The molecule has 3 aromatic carbocycles. The van der Waals surface area contributed by atoms with Crippen molar-refractivity contribution >= 4 is 22.8 Å². The van der Waals surface area contributed by atoms with Crippen molar-refractivity contribution in [1.82, 2.24) is 10.1 Å². The topological polar surface area (TPSA) is 74.5 Å². The Bertz CT molecular complexity index is 1170. The summed E-state index contributed by atoms with van der Waals surface area (Å²) in [6.45, 7) is -0.0828. The highest BCUT2D eigenvalue weighted by molar-refractivity contribution is 5.90. The number of carbonyl (C=O) groups excluding carboxylic acids is 1. The molecule has 0 radical (unpaired) electrons. The summed E-state index contributed by atoms with van der Waals surface area (Å²) in [6, 6.07) is 21.2. The lowest BCUT2D eigenvalue weighted by atomic mass is 10.1. The van der Waals surface area contributed by atoms with Gasteiger partial charge in [0.25, 0.3) is 5.89 Å². The average Bonchev–Trinajstić information content (AvgIpc) is 3.25. The standard InChI is InChI=1S/C23H18N2O4/c1-27-20-11-10-18-13-16(7-9-19(18)14-20)8-12-22(26)28-15-21-24-23(25-29-21)17-5-3-2-4-6-17/h2-14H,15H2,1H3/b12-8+. The quantitative estimate of drug-likeness (QED) is 0.355. The fourth-order valence-corrected chi connectivity index (χ4v) is 2.84. The van der Waals surface area contributed by atoms with Gasteiger partial charge in [-0.15, -0.1) is 0 Å². The summed E-state index contributed by atoms with van der Waals surface area (Å²) >= 11 is 0. The maximum Gasteiger partial charge on any atom is 0.331 e. The van der Waals surface area contributed by atoms with Gasteiger partial charge in [0.1, 0.15) is 5.75 Å². The molecule has 0 aliphatic carbocycles. The van der Waals surface area contributed by atoms with Gasteiger partial charge in [0.05, 0.1) is 7.11 Å². The number of esters is 1. The fourth-order valence-electron chi connectivity index (χ4n) is 2.84. The van der Waals surface area contributed by atoms with Crippen LogP contribution in [0.25, 0.3) is 28.2 Å². The van der Waals surface area contributed by atoms with E-state index in [1.165, 1.54) is 6.08 Å². The van der Waals surface area contributed by atoms with E-state index in [-0.39, 0.29) is 12.5 Å². The van der Waals surface area contributed by atoms with Gasteiger partial charge >= 0.3 is 5.97 Å². The molecule has 29 heavy (non-hydrogen) atoms. The van der Waals surface area contributed by atoms with Crippen molar-refractivity contribution in [3.05, 3.63) is 84.3 Å². The van der Waals surface area contributed by atoms with E-state index in [0.29, 0.717) is 5.82 Å². The lowest BCUT2D eigenvalue weighted by molar-refractivity contribution is -0.139. The van der Waals surface area contributed by atoms with Crippen LogP contribution in [0.5, 0.6) is 5.75 Å². The first-order valence-corrected chi connectivity index (χ1v) is 9.02. The molecule has 0 saturated carbocycles. The maximum absolute atomic E-state index is 12.0. The molecule has 0 saturated heterocycles. The third-order valence-corrected chi connectivity index (χ3v) is 4.32. The maximum atomic E-state index is 12.0. The second kappa shape index (κ2) is 8.39. The summed E-state index contributed by atoms with van der Waals surface area (Å²) < 4.78 is 15.5. The summed E-state index contributed by atoms with van der Waals surface area (Å²) in [4.78, 5) is 16.2. The van der Waals surface area contributed by atoms with Gasteiger partial charge in [0, 0.05) is 11.6 Å². The van der Waals surface area contributed by atoms with Crippen LogP contribution in [0, 0.1) is 0 Å². The number of carbonyl (C=O) groups is 1. The first kappa shape index (κ1) is 18.4. The Labute approximate surface area is 167 Å². The van der Waals surface area contributed by atoms with Crippen molar-refractivity contribution in [2.45, 2.75) is 6.61 Å². The van der Waals surface area contributed by atoms with Gasteiger partial charge in [-0.05, 0) is 40.6 Å². The van der Waals surface area contributed by atoms with Crippen LogP contribution in [-0.4, -0.2) is 23.2 Å². The molecule has 144 valence electrons. The van der Waals surface area contributed by atoms with Gasteiger partial charge in [0.2, 0.25) is 5.82 Å². The lowest BCUT2D eigenvalue weighted by Crippen LogP contribution is -2.00. The van der Waals surface area contributed by atoms with Crippen LogP contribution in [0.1, 0.15) is 11.5 Å². The molecule has 0 aliphatic heterocycles. The van der Waals surface area contributed by atoms with Gasteiger partial charge in [-0.2, -0.15) is 4.98 Å². The summed E-state index contributed by atoms with van der Waals surface area (Å²) in [5.41, 5.74) is 1.73. The second-order valence-electron chi connectivity index (χ2n) is 6.29. The predicted molar refractivity (Wildman–Crippen MR) is 109 cm³/mol. The SMILES string of the molecule is COc1ccc2cc(/C=C/C(=O)OCc3nc(-c4ccccc4)no3)ccc2c1. The second-order valence-corrected chi connectivity index (χ2v) is 6.29. The number of methoxy groups -OCH3 is 1. The highest BCUT2D eigenvalue weighted by Gasteiger charge is 2.09. The summed E-state index contributed by atoms with van der Waals surface area (Å²) in [5.74, 6) is 1.02. The van der Waals surface area contributed by atoms with Crippen molar-refractivity contribution in [3.8, 4) is 17.1 Å². The third-order valence-electron chi connectivity index (χ3n) is 4.32. The van der Waals surface area contributed by atoms with Crippen LogP contribution >= 0.6 is 0 Å². The first-order valence-electron chi connectivity index (χ1n) is 9.02. The van der Waals surface area contributed by atoms with Crippen LogP contribution < -0.4 is 4.74 Å². The molecule has 0 bridgehead atoms. The molecule has 6 nitrogen and oxygen atoms in total. The Balaban J connectivity index is 1.36. The minimum absolute atomic E-state index is 0.0828. The lowest BCUT2D eigenvalue weighted by Gasteiger charge is -2.03. The molecule has 0 aliphatic rings. The smallest absolute Gasteiger partial charge is 0.331 e. The van der Waals surface area contributed by atoms with Crippen molar-refractivity contribution < 1.29 is 18.8 Å². The Kier molecular flexibility index (Phi) is 5.33. The summed E-state index contributed by atoms with van der Waals surface area (Å²) in [5, 5.41) is 6.02. The van der Waals surface area contributed by atoms with Crippen LogP contribution in [0.3, 0.4) is 0 Å². The number of rotatable bonds is 6. The van der Waals surface area contributed by atoms with E-state index < -0.39 is 5.97 Å². The van der Waals surface area contributed by atoms with E-state index in [1.807, 2.05) is 66.7 Å². The van der Waals surface area contributed by atoms with E-state index in [4.69, 9.17) is 14.0 Å². The number of fused-ring (bicyclic) bond motifs is 1. The summed E-state index contributed by atoms with van der Waals surface area (Å²) in [6.07, 6.45) is 3.08. The van der Waals surface area contributed by atoms with Crippen molar-refractivity contribution in [3.63, 3.8) is 0 Å². The molecular weight excluding hydrogens is 368 g/mol. The molecule has 0 amide bonds. The Morgan fingerprint density at radius 3 is 2.66 bits per heavy atom. The predicted octanol–water partition coefficient (Wildman–Crippen LogP) is 4.66. The van der Waals surface area contributed by atoms with Gasteiger partial charge in [-0.25, -0.2) is 4.79 Å². The van der Waals surface area contributed by atoms with E-state index >= 15 is 0 Å². The minimum atomic E-state index is -0.487. The van der Waals surface area contributed by atoms with Crippen LogP contribution in [0.2, 0.25) is 0 Å². The van der Waals surface area contributed by atoms with Gasteiger partial charge in [-0.3, -0.25) is 0 Å². The third kappa shape index (κ3) is 4.50. The minimum Gasteiger partial charge on any atom is -0.497 e. The zero-order valence-electron chi connectivity index (χ0n) is 15.7. The molecule has 0 N–H and O–H groups in total. The molecule has 4 rings (SSSR count). The van der Waals surface area contributed by atoms with E-state index in [1.54, 1.807) is 13.2 Å². The molecular formula is C23H18N2O4. The Morgan fingerprint density at radius 1 is 1.03 bits per heavy atom. The zero-order chi connectivity index (χ0) is 20.1. The first-order chi connectivity index (χ1) is 14.2. The number of hydrogen-bond acceptors (Lipinski definition) is 6. The largest absolute Gasteiger partial charge is 0.497 e. The number of benzene rings is 3. The fraction of sp³-hybridized carbons (Fsp3) is 0.0870.